The van der Waals surface area contributed by atoms with Crippen LogP contribution in [0.5, 0.6) is 0 Å². The van der Waals surface area contributed by atoms with E-state index in [4.69, 9.17) is 9.47 Å². The lowest BCUT2D eigenvalue weighted by Crippen LogP contribution is -2.44. The molecule has 0 aromatic carbocycles. The maximum Gasteiger partial charge on any atom is 0.166 e. The average Bonchev–Trinajstić information content (AvgIpc) is 2.05. The zero-order chi connectivity index (χ0) is 14.4. The van der Waals surface area contributed by atoms with Crippen molar-refractivity contribution in [1.29, 1.82) is 0 Å². The van der Waals surface area contributed by atoms with Gasteiger partial charge in [0.1, 0.15) is 0 Å². The lowest BCUT2D eigenvalue weighted by molar-refractivity contribution is -0.304. The van der Waals surface area contributed by atoms with Crippen molar-refractivity contribution < 1.29 is 9.47 Å². The molecule has 110 valence electrons. The second-order valence-electron chi connectivity index (χ2n) is 7.37. The fourth-order valence-electron chi connectivity index (χ4n) is 2.29. The highest BCUT2D eigenvalue weighted by molar-refractivity contribution is 4.75. The van der Waals surface area contributed by atoms with E-state index in [1.54, 1.807) is 0 Å². The van der Waals surface area contributed by atoms with Crippen LogP contribution in [-0.2, 0) is 9.47 Å². The molecule has 0 saturated heterocycles. The van der Waals surface area contributed by atoms with E-state index in [0.717, 1.165) is 12.8 Å². The summed E-state index contributed by atoms with van der Waals surface area (Å²) in [6.07, 6.45) is 5.93. The quantitative estimate of drug-likeness (QED) is 0.455. The second-order valence-corrected chi connectivity index (χ2v) is 7.37. The first-order chi connectivity index (χ1) is 7.97. The van der Waals surface area contributed by atoms with Gasteiger partial charge in [-0.25, -0.2) is 0 Å². The van der Waals surface area contributed by atoms with E-state index >= 15 is 0 Å². The molecule has 0 bridgehead atoms. The van der Waals surface area contributed by atoms with E-state index in [1.807, 2.05) is 0 Å². The van der Waals surface area contributed by atoms with Crippen LogP contribution < -0.4 is 0 Å². The second kappa shape index (κ2) is 6.91. The van der Waals surface area contributed by atoms with Crippen LogP contribution >= 0.6 is 0 Å². The van der Waals surface area contributed by atoms with Gasteiger partial charge in [-0.2, -0.15) is 0 Å². The van der Waals surface area contributed by atoms with Gasteiger partial charge in [-0.3, -0.25) is 0 Å². The SMILES string of the molecule is CCCCCCC(C)(OC(C)(C)C)OC(C)(C)C. The summed E-state index contributed by atoms with van der Waals surface area (Å²) in [6.45, 7) is 16.8. The number of rotatable bonds is 7. The Morgan fingerprint density at radius 1 is 0.667 bits per heavy atom. The van der Waals surface area contributed by atoms with Crippen molar-refractivity contribution in [2.75, 3.05) is 0 Å². The molecule has 0 N–H and O–H groups in total. The van der Waals surface area contributed by atoms with Gasteiger partial charge in [-0.05, 0) is 54.9 Å². The third kappa shape index (κ3) is 9.90. The minimum Gasteiger partial charge on any atom is -0.345 e. The molecule has 18 heavy (non-hydrogen) atoms. The standard InChI is InChI=1S/C16H34O2/c1-9-10-11-12-13-16(8,17-14(2,3)4)18-15(5,6)7/h9-13H2,1-8H3. The summed E-state index contributed by atoms with van der Waals surface area (Å²) in [7, 11) is 0. The molecule has 2 heteroatoms. The zero-order valence-electron chi connectivity index (χ0n) is 13.9. The zero-order valence-corrected chi connectivity index (χ0v) is 13.9. The lowest BCUT2D eigenvalue weighted by atomic mass is 10.0. The molecule has 0 spiro atoms. The van der Waals surface area contributed by atoms with Gasteiger partial charge in [0.2, 0.25) is 0 Å². The number of unbranched alkanes of at least 4 members (excludes halogenated alkanes) is 3. The summed E-state index contributed by atoms with van der Waals surface area (Å²) in [5.74, 6) is -0.482. The van der Waals surface area contributed by atoms with Crippen molar-refractivity contribution in [2.45, 2.75) is 104 Å². The van der Waals surface area contributed by atoms with Gasteiger partial charge < -0.3 is 9.47 Å². The van der Waals surface area contributed by atoms with Crippen molar-refractivity contribution in [3.63, 3.8) is 0 Å². The molecule has 0 atom stereocenters. The summed E-state index contributed by atoms with van der Waals surface area (Å²) in [6, 6.07) is 0. The van der Waals surface area contributed by atoms with E-state index in [9.17, 15) is 0 Å². The van der Waals surface area contributed by atoms with Crippen molar-refractivity contribution in [3.8, 4) is 0 Å². The normalized spacial score (nSPS) is 14.0. The van der Waals surface area contributed by atoms with Crippen LogP contribution in [0.15, 0.2) is 0 Å². The molecule has 0 radical (unpaired) electrons. The van der Waals surface area contributed by atoms with Crippen molar-refractivity contribution in [1.82, 2.24) is 0 Å². The van der Waals surface area contributed by atoms with Crippen molar-refractivity contribution >= 4 is 0 Å². The van der Waals surface area contributed by atoms with E-state index in [2.05, 4.69) is 55.4 Å². The largest absolute Gasteiger partial charge is 0.345 e. The summed E-state index contributed by atoms with van der Waals surface area (Å²) in [5, 5.41) is 0. The first kappa shape index (κ1) is 17.9. The third-order valence-corrected chi connectivity index (χ3v) is 2.53. The van der Waals surface area contributed by atoms with Crippen LogP contribution in [0.25, 0.3) is 0 Å². The highest BCUT2D eigenvalue weighted by Crippen LogP contribution is 2.31. The van der Waals surface area contributed by atoms with Crippen LogP contribution in [0, 0.1) is 0 Å². The van der Waals surface area contributed by atoms with E-state index in [0.29, 0.717) is 0 Å². The van der Waals surface area contributed by atoms with Crippen molar-refractivity contribution in [2.24, 2.45) is 0 Å². The Labute approximate surface area is 114 Å². The monoisotopic (exact) mass is 258 g/mol. The van der Waals surface area contributed by atoms with E-state index < -0.39 is 5.79 Å². The predicted molar refractivity (Wildman–Crippen MR) is 78.8 cm³/mol. The Hall–Kier alpha value is -0.0800. The van der Waals surface area contributed by atoms with E-state index in [-0.39, 0.29) is 11.2 Å². The van der Waals surface area contributed by atoms with Crippen LogP contribution in [0.4, 0.5) is 0 Å². The molecule has 2 nitrogen and oxygen atoms in total. The molecule has 0 fully saturated rings. The highest BCUT2D eigenvalue weighted by Gasteiger charge is 2.34. The van der Waals surface area contributed by atoms with Crippen LogP contribution in [0.3, 0.4) is 0 Å². The summed E-state index contributed by atoms with van der Waals surface area (Å²) < 4.78 is 12.3. The molecule has 0 aliphatic rings. The molecule has 0 aromatic heterocycles. The maximum absolute atomic E-state index is 6.16. The molecule has 0 amide bonds. The minimum atomic E-state index is -0.482. The van der Waals surface area contributed by atoms with Gasteiger partial charge in [0.25, 0.3) is 0 Å². The Kier molecular flexibility index (Phi) is 6.87. The highest BCUT2D eigenvalue weighted by atomic mass is 16.7. The summed E-state index contributed by atoms with van der Waals surface area (Å²) in [4.78, 5) is 0. The molecule has 0 aliphatic heterocycles. The first-order valence-electron chi connectivity index (χ1n) is 7.38. The van der Waals surface area contributed by atoms with Gasteiger partial charge in [0.05, 0.1) is 11.2 Å². The Morgan fingerprint density at radius 3 is 1.44 bits per heavy atom. The van der Waals surface area contributed by atoms with Gasteiger partial charge in [-0.15, -0.1) is 0 Å². The molecule has 0 heterocycles. The fraction of sp³-hybridized carbons (Fsp3) is 1.00. The molecule has 0 unspecified atom stereocenters. The fourth-order valence-corrected chi connectivity index (χ4v) is 2.29. The predicted octanol–water partition coefficient (Wildman–Crippen LogP) is 5.30. The first-order valence-corrected chi connectivity index (χ1v) is 7.38. The Bertz CT molecular complexity index is 204. The number of hydrogen-bond acceptors (Lipinski definition) is 2. The van der Waals surface area contributed by atoms with Crippen molar-refractivity contribution in [3.05, 3.63) is 0 Å². The van der Waals surface area contributed by atoms with Crippen LogP contribution in [0.2, 0.25) is 0 Å². The molecular weight excluding hydrogens is 224 g/mol. The average molecular weight is 258 g/mol. The smallest absolute Gasteiger partial charge is 0.166 e. The summed E-state index contributed by atoms with van der Waals surface area (Å²) in [5.41, 5.74) is -0.352. The topological polar surface area (TPSA) is 18.5 Å². The van der Waals surface area contributed by atoms with Gasteiger partial charge >= 0.3 is 0 Å². The number of hydrogen-bond donors (Lipinski definition) is 0. The molecule has 0 aliphatic carbocycles. The molecule has 0 saturated carbocycles. The van der Waals surface area contributed by atoms with Gasteiger partial charge in [-0.1, -0.05) is 26.2 Å². The van der Waals surface area contributed by atoms with Gasteiger partial charge in [0.15, 0.2) is 5.79 Å². The number of ether oxygens (including phenoxy) is 2. The molecule has 0 aromatic rings. The maximum atomic E-state index is 6.16. The lowest BCUT2D eigenvalue weighted by Gasteiger charge is -2.41. The van der Waals surface area contributed by atoms with E-state index in [1.165, 1.54) is 19.3 Å². The third-order valence-electron chi connectivity index (χ3n) is 2.53. The van der Waals surface area contributed by atoms with Gasteiger partial charge in [0, 0.05) is 6.42 Å². The summed E-state index contributed by atoms with van der Waals surface area (Å²) >= 11 is 0. The Balaban J connectivity index is 4.50. The molecule has 0 rings (SSSR count). The minimum absolute atomic E-state index is 0.176. The van der Waals surface area contributed by atoms with Crippen LogP contribution in [-0.4, -0.2) is 17.0 Å². The Morgan fingerprint density at radius 2 is 1.11 bits per heavy atom. The molecular formula is C16H34O2. The van der Waals surface area contributed by atoms with Crippen LogP contribution in [0.1, 0.15) is 87.5 Å².